The molecule has 1 atom stereocenters. The number of benzene rings is 1. The second-order valence-electron chi connectivity index (χ2n) is 4.88. The van der Waals surface area contributed by atoms with E-state index in [1.54, 1.807) is 12.1 Å². The number of nitrogens with zero attached hydrogens (tertiary/aromatic N) is 2. The Morgan fingerprint density at radius 1 is 1.37 bits per heavy atom. The Morgan fingerprint density at radius 3 is 2.74 bits per heavy atom. The summed E-state index contributed by atoms with van der Waals surface area (Å²) in [6.45, 7) is 3.57. The molecule has 0 bridgehead atoms. The van der Waals surface area contributed by atoms with Crippen LogP contribution in [0.3, 0.4) is 0 Å². The van der Waals surface area contributed by atoms with Gasteiger partial charge in [-0.1, -0.05) is 31.9 Å². The number of carbonyl (C=O) groups excluding carboxylic acids is 1. The average molecular weight is 257 g/mol. The van der Waals surface area contributed by atoms with E-state index in [9.17, 15) is 4.79 Å². The molecule has 2 rings (SSSR count). The fourth-order valence-electron chi connectivity index (χ4n) is 2.37. The topological polar surface area (TPSA) is 56.1 Å². The lowest BCUT2D eigenvalue weighted by Crippen LogP contribution is -2.28. The van der Waals surface area contributed by atoms with E-state index in [-0.39, 0.29) is 12.1 Å². The van der Waals surface area contributed by atoms with Crippen molar-refractivity contribution in [1.82, 2.24) is 10.2 Å². The fourth-order valence-corrected chi connectivity index (χ4v) is 2.37. The lowest BCUT2D eigenvalue weighted by molar-refractivity contribution is -0.118. The maximum Gasteiger partial charge on any atom is 0.235 e. The molecule has 0 radical (unpaired) electrons. The third kappa shape index (κ3) is 3.33. The quantitative estimate of drug-likeness (QED) is 0.822. The number of rotatable bonds is 5. The van der Waals surface area contributed by atoms with Crippen LogP contribution < -0.4 is 5.32 Å². The number of hydrogen-bond acceptors (Lipinski definition) is 3. The first-order chi connectivity index (χ1) is 9.24. The van der Waals surface area contributed by atoms with Gasteiger partial charge >= 0.3 is 0 Å². The lowest BCUT2D eigenvalue weighted by atomic mass is 10.1. The van der Waals surface area contributed by atoms with Crippen molar-refractivity contribution in [1.29, 1.82) is 5.26 Å². The van der Waals surface area contributed by atoms with Crippen LogP contribution in [0.4, 0.5) is 0 Å². The van der Waals surface area contributed by atoms with Crippen LogP contribution in [0, 0.1) is 11.3 Å². The Bertz CT molecular complexity index is 475. The number of amides is 1. The van der Waals surface area contributed by atoms with E-state index in [4.69, 9.17) is 5.26 Å². The molecule has 1 N–H and O–H groups in total. The van der Waals surface area contributed by atoms with Crippen LogP contribution in [0.5, 0.6) is 0 Å². The highest BCUT2D eigenvalue weighted by Crippen LogP contribution is 2.23. The summed E-state index contributed by atoms with van der Waals surface area (Å²) in [7, 11) is 0. The van der Waals surface area contributed by atoms with Crippen molar-refractivity contribution < 1.29 is 4.79 Å². The number of nitrogens with one attached hydrogen (secondary N) is 1. The highest BCUT2D eigenvalue weighted by atomic mass is 16.2. The van der Waals surface area contributed by atoms with Gasteiger partial charge in [0.25, 0.3) is 0 Å². The Morgan fingerprint density at radius 2 is 2.11 bits per heavy atom. The van der Waals surface area contributed by atoms with E-state index in [2.05, 4.69) is 23.2 Å². The summed E-state index contributed by atoms with van der Waals surface area (Å²) >= 11 is 0. The van der Waals surface area contributed by atoms with Crippen LogP contribution in [0.1, 0.15) is 43.5 Å². The SMILES string of the molecule is CCCCCN1CC(=O)N[C@H]1c1ccc(C#N)cc1. The first-order valence-electron chi connectivity index (χ1n) is 6.78. The number of unbranched alkanes of at least 4 members (excludes halogenated alkanes) is 2. The van der Waals surface area contributed by atoms with Crippen molar-refractivity contribution in [2.24, 2.45) is 0 Å². The summed E-state index contributed by atoms with van der Waals surface area (Å²) in [4.78, 5) is 13.8. The van der Waals surface area contributed by atoms with Crippen LogP contribution >= 0.6 is 0 Å². The van der Waals surface area contributed by atoms with Gasteiger partial charge in [-0.2, -0.15) is 5.26 Å². The van der Waals surface area contributed by atoms with Gasteiger partial charge in [0.15, 0.2) is 0 Å². The molecule has 0 unspecified atom stereocenters. The summed E-state index contributed by atoms with van der Waals surface area (Å²) in [6, 6.07) is 9.53. The van der Waals surface area contributed by atoms with Crippen LogP contribution in [-0.4, -0.2) is 23.9 Å². The van der Waals surface area contributed by atoms with Crippen molar-refractivity contribution in [2.45, 2.75) is 32.4 Å². The monoisotopic (exact) mass is 257 g/mol. The van der Waals surface area contributed by atoms with Gasteiger partial charge in [-0.3, -0.25) is 9.69 Å². The Balaban J connectivity index is 2.07. The summed E-state index contributed by atoms with van der Waals surface area (Å²) in [6.07, 6.45) is 3.43. The summed E-state index contributed by atoms with van der Waals surface area (Å²) < 4.78 is 0. The first-order valence-corrected chi connectivity index (χ1v) is 6.78. The Labute approximate surface area is 114 Å². The van der Waals surface area contributed by atoms with Crippen LogP contribution in [0.25, 0.3) is 0 Å². The van der Waals surface area contributed by atoms with E-state index in [1.165, 1.54) is 12.8 Å². The molecule has 1 aliphatic heterocycles. The van der Waals surface area contributed by atoms with E-state index in [0.717, 1.165) is 18.5 Å². The summed E-state index contributed by atoms with van der Waals surface area (Å²) in [5.41, 5.74) is 1.69. The molecule has 4 heteroatoms. The van der Waals surface area contributed by atoms with Crippen molar-refractivity contribution in [2.75, 3.05) is 13.1 Å². The van der Waals surface area contributed by atoms with Gasteiger partial charge in [-0.15, -0.1) is 0 Å². The van der Waals surface area contributed by atoms with Crippen molar-refractivity contribution in [3.05, 3.63) is 35.4 Å². The molecule has 1 heterocycles. The number of nitriles is 1. The van der Waals surface area contributed by atoms with Gasteiger partial charge in [-0.25, -0.2) is 0 Å². The molecule has 0 spiro atoms. The standard InChI is InChI=1S/C15H19N3O/c1-2-3-4-9-18-11-14(19)17-15(18)13-7-5-12(10-16)6-8-13/h5-8,15H,2-4,9,11H2,1H3,(H,17,19)/t15-/m1/s1. The first kappa shape index (κ1) is 13.6. The molecule has 4 nitrogen and oxygen atoms in total. The molecular formula is C15H19N3O. The number of carbonyl (C=O) groups is 1. The normalized spacial score (nSPS) is 19.2. The zero-order chi connectivity index (χ0) is 13.7. The highest BCUT2D eigenvalue weighted by molar-refractivity contribution is 5.80. The smallest absolute Gasteiger partial charge is 0.235 e. The molecule has 100 valence electrons. The molecule has 1 saturated heterocycles. The van der Waals surface area contributed by atoms with Crippen LogP contribution in [0.15, 0.2) is 24.3 Å². The Hall–Kier alpha value is -1.86. The molecule has 1 aliphatic rings. The van der Waals surface area contributed by atoms with Gasteiger partial charge in [0.1, 0.15) is 6.17 Å². The maximum absolute atomic E-state index is 11.6. The van der Waals surface area contributed by atoms with E-state index in [1.807, 2.05) is 12.1 Å². The van der Waals surface area contributed by atoms with Crippen LogP contribution in [0.2, 0.25) is 0 Å². The summed E-state index contributed by atoms with van der Waals surface area (Å²) in [5, 5.41) is 11.8. The predicted octanol–water partition coefficient (Wildman–Crippen LogP) is 2.18. The summed E-state index contributed by atoms with van der Waals surface area (Å²) in [5.74, 6) is 0.0749. The molecule has 0 aliphatic carbocycles. The fraction of sp³-hybridized carbons (Fsp3) is 0.467. The zero-order valence-corrected chi connectivity index (χ0v) is 11.2. The van der Waals surface area contributed by atoms with E-state index >= 15 is 0 Å². The molecule has 0 aromatic heterocycles. The largest absolute Gasteiger partial charge is 0.335 e. The van der Waals surface area contributed by atoms with Gasteiger partial charge in [-0.05, 0) is 24.1 Å². The minimum absolute atomic E-state index is 0.0444. The third-order valence-corrected chi connectivity index (χ3v) is 3.41. The molecule has 1 aromatic rings. The minimum atomic E-state index is -0.0444. The lowest BCUT2D eigenvalue weighted by Gasteiger charge is -2.23. The molecule has 1 amide bonds. The van der Waals surface area contributed by atoms with E-state index in [0.29, 0.717) is 12.1 Å². The number of hydrogen-bond donors (Lipinski definition) is 1. The molecule has 1 aromatic carbocycles. The minimum Gasteiger partial charge on any atom is -0.335 e. The molecular weight excluding hydrogens is 238 g/mol. The second-order valence-corrected chi connectivity index (χ2v) is 4.88. The third-order valence-electron chi connectivity index (χ3n) is 3.41. The van der Waals surface area contributed by atoms with Crippen molar-refractivity contribution in [3.63, 3.8) is 0 Å². The predicted molar refractivity (Wildman–Crippen MR) is 73.1 cm³/mol. The van der Waals surface area contributed by atoms with Gasteiger partial charge in [0.05, 0.1) is 18.2 Å². The molecule has 0 saturated carbocycles. The highest BCUT2D eigenvalue weighted by Gasteiger charge is 2.30. The van der Waals surface area contributed by atoms with Gasteiger partial charge in [0.2, 0.25) is 5.91 Å². The Kier molecular flexibility index (Phi) is 4.53. The average Bonchev–Trinajstić information content (AvgIpc) is 2.80. The van der Waals surface area contributed by atoms with E-state index < -0.39 is 0 Å². The van der Waals surface area contributed by atoms with Crippen molar-refractivity contribution >= 4 is 5.91 Å². The maximum atomic E-state index is 11.6. The second kappa shape index (κ2) is 6.35. The molecule has 19 heavy (non-hydrogen) atoms. The zero-order valence-electron chi connectivity index (χ0n) is 11.2. The molecule has 1 fully saturated rings. The van der Waals surface area contributed by atoms with Gasteiger partial charge in [0, 0.05) is 6.54 Å². The van der Waals surface area contributed by atoms with Gasteiger partial charge < -0.3 is 5.32 Å². The van der Waals surface area contributed by atoms with Crippen molar-refractivity contribution in [3.8, 4) is 6.07 Å². The van der Waals surface area contributed by atoms with Crippen LogP contribution in [-0.2, 0) is 4.79 Å².